The highest BCUT2D eigenvalue weighted by Gasteiger charge is 2.45. The molecule has 1 saturated heterocycles. The second-order valence-corrected chi connectivity index (χ2v) is 6.01. The van der Waals surface area contributed by atoms with Gasteiger partial charge in [0.05, 0.1) is 20.8 Å². The molecule has 5 atom stereocenters. The number of benzene rings is 1. The van der Waals surface area contributed by atoms with Gasteiger partial charge < -0.3 is 39.4 Å². The molecule has 9 nitrogen and oxygen atoms in total. The van der Waals surface area contributed by atoms with Crippen molar-refractivity contribution in [3.63, 3.8) is 0 Å². The number of aliphatic hydroxyl groups excluding tert-OH is 4. The maximum atomic E-state index is 11.1. The van der Waals surface area contributed by atoms with Crippen LogP contribution in [0.5, 0.6) is 17.2 Å². The smallest absolute Gasteiger partial charge is 0.229 e. The Balaban J connectivity index is 2.35. The molecule has 0 amide bonds. The average molecular weight is 384 g/mol. The minimum absolute atomic E-state index is 0.0873. The van der Waals surface area contributed by atoms with Crippen LogP contribution in [-0.4, -0.2) is 77.7 Å². The zero-order valence-electron chi connectivity index (χ0n) is 15.2. The monoisotopic (exact) mass is 384 g/mol. The van der Waals surface area contributed by atoms with Crippen molar-refractivity contribution in [2.75, 3.05) is 20.8 Å². The van der Waals surface area contributed by atoms with Crippen molar-refractivity contribution in [2.24, 2.45) is 0 Å². The molecule has 1 heterocycles. The predicted octanol–water partition coefficient (Wildman–Crippen LogP) is -0.515. The topological polar surface area (TPSA) is 135 Å². The lowest BCUT2D eigenvalue weighted by Gasteiger charge is -2.39. The van der Waals surface area contributed by atoms with Crippen molar-refractivity contribution >= 4 is 11.9 Å². The van der Waals surface area contributed by atoms with Crippen LogP contribution < -0.4 is 14.2 Å². The lowest BCUT2D eigenvalue weighted by Crippen LogP contribution is -2.60. The Morgan fingerprint density at radius 1 is 1.11 bits per heavy atom. The van der Waals surface area contributed by atoms with Crippen LogP contribution in [0.3, 0.4) is 0 Å². The van der Waals surface area contributed by atoms with Gasteiger partial charge in [-0.3, -0.25) is 4.79 Å². The van der Waals surface area contributed by atoms with Gasteiger partial charge in [-0.05, 0) is 30.7 Å². The fraction of sp³-hybridized carbons (Fsp3) is 0.500. The molecular weight excluding hydrogens is 360 g/mol. The summed E-state index contributed by atoms with van der Waals surface area (Å²) >= 11 is 0. The van der Waals surface area contributed by atoms with E-state index in [-0.39, 0.29) is 23.0 Å². The lowest BCUT2D eigenvalue weighted by molar-refractivity contribution is -0.277. The van der Waals surface area contributed by atoms with E-state index < -0.39 is 37.3 Å². The normalized spacial score (nSPS) is 28.2. The number of methoxy groups -OCH3 is 2. The highest BCUT2D eigenvalue weighted by Crippen LogP contribution is 2.40. The number of ether oxygens (including phenoxy) is 4. The molecule has 27 heavy (non-hydrogen) atoms. The van der Waals surface area contributed by atoms with Gasteiger partial charge in [-0.1, -0.05) is 6.08 Å². The third kappa shape index (κ3) is 4.76. The van der Waals surface area contributed by atoms with E-state index in [0.29, 0.717) is 5.56 Å². The molecule has 1 aromatic carbocycles. The summed E-state index contributed by atoms with van der Waals surface area (Å²) in [4.78, 5) is 11.1. The number of rotatable bonds is 7. The molecule has 0 aliphatic carbocycles. The zero-order valence-corrected chi connectivity index (χ0v) is 15.2. The second-order valence-electron chi connectivity index (χ2n) is 6.01. The van der Waals surface area contributed by atoms with E-state index in [2.05, 4.69) is 0 Å². The zero-order chi connectivity index (χ0) is 20.1. The molecular formula is C18H24O9. The second kappa shape index (κ2) is 9.16. The molecule has 9 heteroatoms. The highest BCUT2D eigenvalue weighted by molar-refractivity contribution is 5.91. The van der Waals surface area contributed by atoms with Gasteiger partial charge in [0.25, 0.3) is 0 Å². The lowest BCUT2D eigenvalue weighted by atomic mass is 9.99. The van der Waals surface area contributed by atoms with E-state index in [1.54, 1.807) is 18.2 Å². The molecule has 0 radical (unpaired) electrons. The Bertz CT molecular complexity index is 660. The Morgan fingerprint density at radius 2 is 1.70 bits per heavy atom. The van der Waals surface area contributed by atoms with Crippen molar-refractivity contribution < 1.29 is 44.2 Å². The van der Waals surface area contributed by atoms with Crippen molar-refractivity contribution in [2.45, 2.75) is 37.6 Å². The third-order valence-corrected chi connectivity index (χ3v) is 4.08. The van der Waals surface area contributed by atoms with Crippen molar-refractivity contribution in [1.82, 2.24) is 0 Å². The van der Waals surface area contributed by atoms with E-state index >= 15 is 0 Å². The molecule has 1 aliphatic rings. The average Bonchev–Trinajstić information content (AvgIpc) is 2.66. The Hall–Kier alpha value is -2.17. The minimum atomic E-state index is -1.57. The fourth-order valence-electron chi connectivity index (χ4n) is 2.61. The largest absolute Gasteiger partial charge is 0.493 e. The maximum Gasteiger partial charge on any atom is 0.229 e. The number of carbonyl (C=O) groups excluding carboxylic acids is 1. The summed E-state index contributed by atoms with van der Waals surface area (Å²) in [5, 5.41) is 39.1. The molecule has 1 fully saturated rings. The summed E-state index contributed by atoms with van der Waals surface area (Å²) in [5.41, 5.74) is 0.611. The van der Waals surface area contributed by atoms with Crippen molar-refractivity contribution in [1.29, 1.82) is 0 Å². The molecule has 0 aromatic heterocycles. The number of carbonyl (C=O) groups is 1. The van der Waals surface area contributed by atoms with Crippen LogP contribution in [0, 0.1) is 0 Å². The summed E-state index contributed by atoms with van der Waals surface area (Å²) in [5.74, 6) is 0.419. The molecule has 0 bridgehead atoms. The molecule has 0 saturated carbocycles. The molecule has 150 valence electrons. The van der Waals surface area contributed by atoms with E-state index in [1.165, 1.54) is 27.2 Å². The SMILES string of the molecule is COc1cc(C=CC(C)=O)cc(OC)c1O[C@@H]1O[C@@H](CO)[C@@H](O)[C@H](O)[C@H]1O. The van der Waals surface area contributed by atoms with E-state index in [9.17, 15) is 25.2 Å². The first-order valence-electron chi connectivity index (χ1n) is 8.24. The Labute approximate surface area is 156 Å². The maximum absolute atomic E-state index is 11.1. The quantitative estimate of drug-likeness (QED) is 0.458. The first kappa shape index (κ1) is 21.1. The summed E-state index contributed by atoms with van der Waals surface area (Å²) < 4.78 is 21.6. The number of ketones is 1. The van der Waals surface area contributed by atoms with Gasteiger partial charge in [-0.2, -0.15) is 0 Å². The molecule has 1 aromatic rings. The van der Waals surface area contributed by atoms with E-state index in [0.717, 1.165) is 0 Å². The summed E-state index contributed by atoms with van der Waals surface area (Å²) in [6.45, 7) is 0.843. The third-order valence-electron chi connectivity index (χ3n) is 4.08. The molecule has 2 rings (SSSR count). The van der Waals surface area contributed by atoms with Gasteiger partial charge >= 0.3 is 0 Å². The van der Waals surface area contributed by atoms with Gasteiger partial charge in [-0.25, -0.2) is 0 Å². The Kier molecular flexibility index (Phi) is 7.17. The van der Waals surface area contributed by atoms with Crippen LogP contribution in [-0.2, 0) is 9.53 Å². The van der Waals surface area contributed by atoms with E-state index in [1.807, 2.05) is 0 Å². The van der Waals surface area contributed by atoms with Crippen LogP contribution in [0.25, 0.3) is 6.08 Å². The van der Waals surface area contributed by atoms with Gasteiger partial charge in [0, 0.05) is 0 Å². The van der Waals surface area contributed by atoms with Crippen molar-refractivity contribution in [3.05, 3.63) is 23.8 Å². The summed E-state index contributed by atoms with van der Waals surface area (Å²) in [7, 11) is 2.79. The first-order chi connectivity index (χ1) is 12.8. The molecule has 4 N–H and O–H groups in total. The highest BCUT2D eigenvalue weighted by atomic mass is 16.7. The van der Waals surface area contributed by atoms with Gasteiger partial charge in [-0.15, -0.1) is 0 Å². The van der Waals surface area contributed by atoms with Gasteiger partial charge in [0.1, 0.15) is 24.4 Å². The number of aliphatic hydroxyl groups is 4. The van der Waals surface area contributed by atoms with Gasteiger partial charge in [0.15, 0.2) is 17.3 Å². The fourth-order valence-corrected chi connectivity index (χ4v) is 2.61. The Morgan fingerprint density at radius 3 is 2.19 bits per heavy atom. The summed E-state index contributed by atoms with van der Waals surface area (Å²) in [6.07, 6.45) is -4.18. The number of allylic oxidation sites excluding steroid dienone is 1. The van der Waals surface area contributed by atoms with Crippen LogP contribution in [0.15, 0.2) is 18.2 Å². The van der Waals surface area contributed by atoms with Crippen LogP contribution in [0.2, 0.25) is 0 Å². The van der Waals surface area contributed by atoms with Gasteiger partial charge in [0.2, 0.25) is 12.0 Å². The molecule has 0 spiro atoms. The number of hydrogen-bond donors (Lipinski definition) is 4. The molecule has 0 unspecified atom stereocenters. The van der Waals surface area contributed by atoms with Crippen molar-refractivity contribution in [3.8, 4) is 17.2 Å². The van der Waals surface area contributed by atoms with Crippen LogP contribution >= 0.6 is 0 Å². The predicted molar refractivity (Wildman–Crippen MR) is 93.7 cm³/mol. The van der Waals surface area contributed by atoms with E-state index in [4.69, 9.17) is 18.9 Å². The van der Waals surface area contributed by atoms with Crippen LogP contribution in [0.1, 0.15) is 12.5 Å². The minimum Gasteiger partial charge on any atom is -0.493 e. The number of hydrogen-bond acceptors (Lipinski definition) is 9. The van der Waals surface area contributed by atoms with Crippen LogP contribution in [0.4, 0.5) is 0 Å². The first-order valence-corrected chi connectivity index (χ1v) is 8.24. The standard InChI is InChI=1S/C18H24O9/c1-9(20)4-5-10-6-11(24-2)17(12(7-10)25-3)27-18-16(23)15(22)14(21)13(8-19)26-18/h4-7,13-16,18-19,21-23H,8H2,1-3H3/t13-,14+,15-,16+,18-/m0/s1. The summed E-state index contributed by atoms with van der Waals surface area (Å²) in [6, 6.07) is 3.17. The molecule has 1 aliphatic heterocycles.